The van der Waals surface area contributed by atoms with Crippen molar-refractivity contribution >= 4 is 55.8 Å². The van der Waals surface area contributed by atoms with Crippen molar-refractivity contribution in [1.29, 1.82) is 0 Å². The first-order valence-electron chi connectivity index (χ1n) is 8.50. The van der Waals surface area contributed by atoms with Gasteiger partial charge in [0.1, 0.15) is 0 Å². The first-order chi connectivity index (χ1) is 13.2. The molecule has 0 aliphatic carbocycles. The molecule has 6 heteroatoms. The zero-order valence-electron chi connectivity index (χ0n) is 14.3. The molecule has 0 spiro atoms. The first-order valence-corrected chi connectivity index (χ1v) is 10.2. The van der Waals surface area contributed by atoms with Crippen LogP contribution in [-0.4, -0.2) is 22.5 Å². The number of thioether (sulfide) groups is 1. The summed E-state index contributed by atoms with van der Waals surface area (Å²) in [6.45, 7) is 0. The van der Waals surface area contributed by atoms with Gasteiger partial charge >= 0.3 is 0 Å². The molecule has 0 bridgehead atoms. The molecule has 3 aromatic carbocycles. The summed E-state index contributed by atoms with van der Waals surface area (Å²) < 4.78 is 1.03. The van der Waals surface area contributed by atoms with Crippen LogP contribution in [0.5, 0.6) is 0 Å². The Morgan fingerprint density at radius 1 is 1.04 bits per heavy atom. The van der Waals surface area contributed by atoms with Crippen LogP contribution in [0.3, 0.4) is 0 Å². The molecule has 4 rings (SSSR count). The van der Waals surface area contributed by atoms with E-state index in [1.165, 1.54) is 11.8 Å². The van der Waals surface area contributed by atoms with E-state index in [-0.39, 0.29) is 11.2 Å². The van der Waals surface area contributed by atoms with Crippen molar-refractivity contribution in [1.82, 2.24) is 5.32 Å². The van der Waals surface area contributed by atoms with Gasteiger partial charge < -0.3 is 5.32 Å². The fraction of sp³-hybridized carbons (Fsp3) is 0.0952. The van der Waals surface area contributed by atoms with Gasteiger partial charge in [-0.2, -0.15) is 5.10 Å². The summed E-state index contributed by atoms with van der Waals surface area (Å²) in [5, 5.41) is 13.8. The topological polar surface area (TPSA) is 53.8 Å². The van der Waals surface area contributed by atoms with Gasteiger partial charge in [-0.25, -0.2) is 0 Å². The first kappa shape index (κ1) is 17.9. The highest BCUT2D eigenvalue weighted by molar-refractivity contribution is 9.10. The normalized spacial score (nSPS) is 18.5. The van der Waals surface area contributed by atoms with Crippen molar-refractivity contribution in [2.75, 3.05) is 0 Å². The molecule has 1 heterocycles. The van der Waals surface area contributed by atoms with Crippen LogP contribution in [0.15, 0.2) is 81.4 Å². The molecule has 1 amide bonds. The molecule has 1 fully saturated rings. The van der Waals surface area contributed by atoms with Gasteiger partial charge in [0.05, 0.1) is 11.5 Å². The summed E-state index contributed by atoms with van der Waals surface area (Å²) in [6.07, 6.45) is 2.39. The van der Waals surface area contributed by atoms with Crippen molar-refractivity contribution < 1.29 is 4.79 Å². The molecule has 0 saturated carbocycles. The van der Waals surface area contributed by atoms with Crippen molar-refractivity contribution in [3.05, 3.63) is 82.3 Å². The van der Waals surface area contributed by atoms with E-state index in [0.717, 1.165) is 26.4 Å². The number of hydrogen-bond donors (Lipinski definition) is 1. The van der Waals surface area contributed by atoms with Gasteiger partial charge in [-0.05, 0) is 34.9 Å². The lowest BCUT2D eigenvalue weighted by atomic mass is 10.1. The minimum atomic E-state index is -0.183. The summed E-state index contributed by atoms with van der Waals surface area (Å²) in [4.78, 5) is 12.2. The molecule has 1 unspecified atom stereocenters. The van der Waals surface area contributed by atoms with E-state index in [9.17, 15) is 4.79 Å². The maximum Gasteiger partial charge on any atom is 0.239 e. The number of nitrogens with one attached hydrogen (secondary N) is 1. The second kappa shape index (κ2) is 8.06. The number of hydrogen-bond acceptors (Lipinski definition) is 4. The fourth-order valence-electron chi connectivity index (χ4n) is 2.93. The largest absolute Gasteiger partial charge is 0.303 e. The number of nitrogens with zero attached hydrogens (tertiary/aromatic N) is 2. The lowest BCUT2D eigenvalue weighted by Gasteiger charge is -2.05. The van der Waals surface area contributed by atoms with Crippen LogP contribution in [0.25, 0.3) is 10.8 Å². The average molecular weight is 438 g/mol. The second-order valence-corrected chi connectivity index (χ2v) is 8.25. The highest BCUT2D eigenvalue weighted by Crippen LogP contribution is 2.24. The zero-order valence-corrected chi connectivity index (χ0v) is 16.7. The van der Waals surface area contributed by atoms with E-state index in [2.05, 4.69) is 49.6 Å². The third kappa shape index (κ3) is 4.28. The van der Waals surface area contributed by atoms with Crippen molar-refractivity contribution in [3.63, 3.8) is 0 Å². The van der Waals surface area contributed by atoms with Crippen LogP contribution in [-0.2, 0) is 11.2 Å². The second-order valence-electron chi connectivity index (χ2n) is 6.14. The third-order valence-electron chi connectivity index (χ3n) is 4.28. The Kier molecular flexibility index (Phi) is 5.36. The molecule has 0 aromatic heterocycles. The summed E-state index contributed by atoms with van der Waals surface area (Å²) in [5.41, 5.74) is 2.12. The van der Waals surface area contributed by atoms with Gasteiger partial charge in [-0.3, -0.25) is 4.79 Å². The molecule has 27 heavy (non-hydrogen) atoms. The average Bonchev–Trinajstić information content (AvgIpc) is 3.03. The van der Waals surface area contributed by atoms with Gasteiger partial charge in [0.25, 0.3) is 0 Å². The smallest absolute Gasteiger partial charge is 0.239 e. The van der Waals surface area contributed by atoms with E-state index in [1.54, 1.807) is 6.21 Å². The van der Waals surface area contributed by atoms with Crippen molar-refractivity contribution in [3.8, 4) is 0 Å². The fourth-order valence-corrected chi connectivity index (χ4v) is 4.16. The molecule has 0 radical (unpaired) electrons. The molecule has 134 valence electrons. The molecule has 3 aromatic rings. The minimum absolute atomic E-state index is 0.0259. The number of rotatable bonds is 4. The van der Waals surface area contributed by atoms with E-state index >= 15 is 0 Å². The number of amidine groups is 1. The number of benzene rings is 3. The van der Waals surface area contributed by atoms with E-state index in [1.807, 2.05) is 48.5 Å². The lowest BCUT2D eigenvalue weighted by molar-refractivity contribution is -0.118. The van der Waals surface area contributed by atoms with Crippen LogP contribution in [0.2, 0.25) is 0 Å². The van der Waals surface area contributed by atoms with E-state index in [0.29, 0.717) is 11.6 Å². The maximum absolute atomic E-state index is 12.2. The van der Waals surface area contributed by atoms with Gasteiger partial charge in [-0.15, -0.1) is 5.10 Å². The number of carbonyl (C=O) groups excluding carboxylic acids is 1. The monoisotopic (exact) mass is 437 g/mol. The highest BCUT2D eigenvalue weighted by atomic mass is 79.9. The number of amides is 1. The van der Waals surface area contributed by atoms with Crippen LogP contribution >= 0.6 is 27.7 Å². The summed E-state index contributed by atoms with van der Waals surface area (Å²) in [5.74, 6) is -0.0259. The Morgan fingerprint density at radius 3 is 2.67 bits per heavy atom. The van der Waals surface area contributed by atoms with Gasteiger partial charge in [-0.1, -0.05) is 82.3 Å². The highest BCUT2D eigenvalue weighted by Gasteiger charge is 2.30. The third-order valence-corrected chi connectivity index (χ3v) is 5.88. The van der Waals surface area contributed by atoms with Crippen molar-refractivity contribution in [2.45, 2.75) is 11.7 Å². The minimum Gasteiger partial charge on any atom is -0.303 e. The number of carbonyl (C=O) groups is 1. The van der Waals surface area contributed by atoms with Crippen LogP contribution in [0.1, 0.15) is 11.1 Å². The molecule has 1 aliphatic heterocycles. The Balaban J connectivity index is 1.46. The number of halogens is 1. The maximum atomic E-state index is 12.2. The van der Waals surface area contributed by atoms with E-state index < -0.39 is 0 Å². The Morgan fingerprint density at radius 2 is 1.81 bits per heavy atom. The predicted molar refractivity (Wildman–Crippen MR) is 116 cm³/mol. The summed E-state index contributed by atoms with van der Waals surface area (Å²) in [6, 6.07) is 22.2. The molecular weight excluding hydrogens is 422 g/mol. The standard InChI is InChI=1S/C21H16BrN3OS/c22-17-10-8-14(9-11-17)12-19-20(26)24-21(27-19)25-23-13-16-6-3-5-15-4-1-2-7-18(15)16/h1-11,13,19H,12H2,(H,24,25,26)/b23-13+. The lowest BCUT2D eigenvalue weighted by Crippen LogP contribution is -2.25. The quantitative estimate of drug-likeness (QED) is 0.472. The molecule has 1 atom stereocenters. The Labute approximate surface area is 169 Å². The Hall–Kier alpha value is -2.44. The molecule has 1 aliphatic rings. The molecule has 1 N–H and O–H groups in total. The van der Waals surface area contributed by atoms with E-state index in [4.69, 9.17) is 0 Å². The Bertz CT molecular complexity index is 1040. The van der Waals surface area contributed by atoms with Crippen LogP contribution in [0, 0.1) is 0 Å². The van der Waals surface area contributed by atoms with Gasteiger partial charge in [0.2, 0.25) is 5.91 Å². The summed E-state index contributed by atoms with van der Waals surface area (Å²) >= 11 is 4.84. The summed E-state index contributed by atoms with van der Waals surface area (Å²) in [7, 11) is 0. The zero-order chi connectivity index (χ0) is 18.6. The van der Waals surface area contributed by atoms with Crippen LogP contribution in [0.4, 0.5) is 0 Å². The van der Waals surface area contributed by atoms with Crippen molar-refractivity contribution in [2.24, 2.45) is 10.2 Å². The van der Waals surface area contributed by atoms with Crippen LogP contribution < -0.4 is 5.32 Å². The predicted octanol–water partition coefficient (Wildman–Crippen LogP) is 4.77. The van der Waals surface area contributed by atoms with Gasteiger partial charge in [0.15, 0.2) is 5.17 Å². The molecular formula is C21H16BrN3OS. The molecule has 4 nitrogen and oxygen atoms in total. The molecule has 1 saturated heterocycles. The SMILES string of the molecule is O=C1N/C(=N/N=C/c2cccc3ccccc23)SC1Cc1ccc(Br)cc1. The van der Waals surface area contributed by atoms with Gasteiger partial charge in [0, 0.05) is 10.0 Å². The number of fused-ring (bicyclic) bond motifs is 1.